The zero-order valence-electron chi connectivity index (χ0n) is 10.4. The number of aryl methyl sites for hydroxylation is 1. The molecular weight excluding hydrogens is 265 g/mol. The zero-order valence-corrected chi connectivity index (χ0v) is 10.4. The van der Waals surface area contributed by atoms with Gasteiger partial charge in [-0.3, -0.25) is 0 Å². The van der Waals surface area contributed by atoms with E-state index in [0.29, 0.717) is 5.69 Å². The number of carbonyl (C=O) groups excluding carboxylic acids is 1. The van der Waals surface area contributed by atoms with Gasteiger partial charge in [0.05, 0.1) is 6.61 Å². The molecule has 8 heteroatoms. The Balaban J connectivity index is 3.33. The van der Waals surface area contributed by atoms with Gasteiger partial charge >= 0.3 is 12.3 Å². The van der Waals surface area contributed by atoms with Gasteiger partial charge in [-0.2, -0.15) is 0 Å². The molecule has 0 unspecified atom stereocenters. The van der Waals surface area contributed by atoms with Gasteiger partial charge < -0.3 is 15.2 Å². The molecule has 0 amide bonds. The number of ether oxygens (including phenoxy) is 2. The van der Waals surface area contributed by atoms with E-state index in [1.807, 2.05) is 0 Å². The third kappa shape index (κ3) is 4.09. The maximum atomic E-state index is 12.3. The lowest BCUT2D eigenvalue weighted by atomic mass is 10.1. The van der Waals surface area contributed by atoms with E-state index in [9.17, 15) is 18.0 Å². The third-order valence-corrected chi connectivity index (χ3v) is 2.08. The normalized spacial score (nSPS) is 11.3. The molecule has 0 saturated heterocycles. The molecule has 0 saturated carbocycles. The molecule has 0 aromatic carbocycles. The topological polar surface area (TPSA) is 74.4 Å². The molecule has 0 bridgehead atoms. The van der Waals surface area contributed by atoms with Crippen LogP contribution in [0.1, 0.15) is 28.7 Å². The van der Waals surface area contributed by atoms with E-state index in [4.69, 9.17) is 5.73 Å². The van der Waals surface area contributed by atoms with E-state index in [1.165, 1.54) is 19.9 Å². The minimum absolute atomic E-state index is 0.0118. The third-order valence-electron chi connectivity index (χ3n) is 2.08. The second-order valence-electron chi connectivity index (χ2n) is 3.57. The summed E-state index contributed by atoms with van der Waals surface area (Å²) in [4.78, 5) is 15.3. The average Bonchev–Trinajstić information content (AvgIpc) is 2.29. The van der Waals surface area contributed by atoms with Crippen molar-refractivity contribution in [3.8, 4) is 5.75 Å². The van der Waals surface area contributed by atoms with Crippen molar-refractivity contribution < 1.29 is 27.4 Å². The number of aromatic nitrogens is 1. The first-order valence-corrected chi connectivity index (χ1v) is 5.42. The fourth-order valence-electron chi connectivity index (χ4n) is 1.45. The minimum Gasteiger partial charge on any atom is -0.461 e. The first-order chi connectivity index (χ1) is 8.78. The molecule has 1 aromatic heterocycles. The first kappa shape index (κ1) is 15.2. The second-order valence-corrected chi connectivity index (χ2v) is 3.57. The summed E-state index contributed by atoms with van der Waals surface area (Å²) in [6.07, 6.45) is -4.94. The number of rotatable bonds is 4. The van der Waals surface area contributed by atoms with Crippen LogP contribution in [0.25, 0.3) is 0 Å². The standard InChI is InChI=1S/C11H13F3N2O3/c1-3-18-10(17)8-9(19-11(12,13)14)7(5-15)4-6(2)16-8/h4H,3,5,15H2,1-2H3. The lowest BCUT2D eigenvalue weighted by Crippen LogP contribution is -2.22. The van der Waals surface area contributed by atoms with Gasteiger partial charge in [-0.15, -0.1) is 13.2 Å². The molecular formula is C11H13F3N2O3. The summed E-state index contributed by atoms with van der Waals surface area (Å²) in [5, 5.41) is 0. The van der Waals surface area contributed by atoms with E-state index in [2.05, 4.69) is 14.5 Å². The van der Waals surface area contributed by atoms with Crippen LogP contribution in [-0.2, 0) is 11.3 Å². The number of pyridine rings is 1. The van der Waals surface area contributed by atoms with Gasteiger partial charge in [-0.1, -0.05) is 0 Å². The van der Waals surface area contributed by atoms with Gasteiger partial charge in [-0.05, 0) is 19.9 Å². The van der Waals surface area contributed by atoms with Crippen molar-refractivity contribution >= 4 is 5.97 Å². The summed E-state index contributed by atoms with van der Waals surface area (Å²) in [5.41, 5.74) is 5.21. The monoisotopic (exact) mass is 278 g/mol. The highest BCUT2D eigenvalue weighted by Gasteiger charge is 2.35. The molecule has 0 fully saturated rings. The lowest BCUT2D eigenvalue weighted by Gasteiger charge is -2.15. The average molecular weight is 278 g/mol. The Kier molecular flexibility index (Phi) is 4.71. The van der Waals surface area contributed by atoms with Crippen LogP contribution in [0, 0.1) is 6.92 Å². The van der Waals surface area contributed by atoms with Gasteiger partial charge in [-0.25, -0.2) is 9.78 Å². The van der Waals surface area contributed by atoms with Crippen molar-refractivity contribution in [1.82, 2.24) is 4.98 Å². The van der Waals surface area contributed by atoms with Crippen LogP contribution in [0.15, 0.2) is 6.07 Å². The fourth-order valence-corrected chi connectivity index (χ4v) is 1.45. The van der Waals surface area contributed by atoms with Gasteiger partial charge in [0.2, 0.25) is 0 Å². The number of esters is 1. The summed E-state index contributed by atoms with van der Waals surface area (Å²) in [6.45, 7) is 2.85. The Labute approximate surface area is 107 Å². The Morgan fingerprint density at radius 3 is 2.58 bits per heavy atom. The molecule has 0 spiro atoms. The molecule has 5 nitrogen and oxygen atoms in total. The predicted octanol–water partition coefficient (Wildman–Crippen LogP) is 1.92. The number of hydrogen-bond donors (Lipinski definition) is 1. The predicted molar refractivity (Wildman–Crippen MR) is 59.5 cm³/mol. The van der Waals surface area contributed by atoms with Crippen LogP contribution in [0.4, 0.5) is 13.2 Å². The Hall–Kier alpha value is -1.83. The summed E-state index contributed by atoms with van der Waals surface area (Å²) in [6, 6.07) is 1.32. The van der Waals surface area contributed by atoms with Crippen molar-refractivity contribution in [3.05, 3.63) is 23.0 Å². The van der Waals surface area contributed by atoms with E-state index in [1.54, 1.807) is 0 Å². The van der Waals surface area contributed by atoms with Crippen LogP contribution in [0.3, 0.4) is 0 Å². The molecule has 0 aliphatic rings. The summed E-state index contributed by atoms with van der Waals surface area (Å²) < 4.78 is 45.5. The van der Waals surface area contributed by atoms with Gasteiger partial charge in [0.25, 0.3) is 0 Å². The molecule has 19 heavy (non-hydrogen) atoms. The highest BCUT2D eigenvalue weighted by molar-refractivity contribution is 5.91. The van der Waals surface area contributed by atoms with Crippen molar-refractivity contribution in [2.75, 3.05) is 6.61 Å². The zero-order chi connectivity index (χ0) is 14.6. The number of carbonyl (C=O) groups is 1. The largest absolute Gasteiger partial charge is 0.573 e. The second kappa shape index (κ2) is 5.87. The first-order valence-electron chi connectivity index (χ1n) is 5.42. The van der Waals surface area contributed by atoms with Crippen molar-refractivity contribution in [2.45, 2.75) is 26.8 Å². The van der Waals surface area contributed by atoms with Crippen LogP contribution in [0.5, 0.6) is 5.75 Å². The summed E-state index contributed by atoms with van der Waals surface area (Å²) >= 11 is 0. The van der Waals surface area contributed by atoms with Crippen LogP contribution < -0.4 is 10.5 Å². The Morgan fingerprint density at radius 1 is 1.47 bits per heavy atom. The van der Waals surface area contributed by atoms with Gasteiger partial charge in [0.1, 0.15) is 0 Å². The number of halogens is 3. The number of hydrogen-bond acceptors (Lipinski definition) is 5. The molecule has 0 radical (unpaired) electrons. The fraction of sp³-hybridized carbons (Fsp3) is 0.455. The Bertz CT molecular complexity index is 475. The van der Waals surface area contributed by atoms with E-state index < -0.39 is 23.8 Å². The molecule has 0 atom stereocenters. The highest BCUT2D eigenvalue weighted by Crippen LogP contribution is 2.30. The van der Waals surface area contributed by atoms with Crippen LogP contribution in [-0.4, -0.2) is 23.9 Å². The molecule has 0 aliphatic carbocycles. The summed E-state index contributed by atoms with van der Waals surface area (Å²) in [5.74, 6) is -1.70. The number of nitrogens with zero attached hydrogens (tertiary/aromatic N) is 1. The highest BCUT2D eigenvalue weighted by atomic mass is 19.4. The SMILES string of the molecule is CCOC(=O)c1nc(C)cc(CN)c1OC(F)(F)F. The number of alkyl halides is 3. The van der Waals surface area contributed by atoms with Gasteiger partial charge in [0, 0.05) is 17.8 Å². The maximum Gasteiger partial charge on any atom is 0.573 e. The van der Waals surface area contributed by atoms with E-state index in [0.717, 1.165) is 0 Å². The van der Waals surface area contributed by atoms with Crippen molar-refractivity contribution in [2.24, 2.45) is 5.73 Å². The molecule has 2 N–H and O–H groups in total. The molecule has 1 rings (SSSR count). The number of nitrogens with two attached hydrogens (primary N) is 1. The Morgan fingerprint density at radius 2 is 2.11 bits per heavy atom. The summed E-state index contributed by atoms with van der Waals surface area (Å²) in [7, 11) is 0. The van der Waals surface area contributed by atoms with Crippen LogP contribution in [0.2, 0.25) is 0 Å². The minimum atomic E-state index is -4.94. The lowest BCUT2D eigenvalue weighted by molar-refractivity contribution is -0.275. The molecule has 0 aliphatic heterocycles. The van der Waals surface area contributed by atoms with Crippen LogP contribution >= 0.6 is 0 Å². The molecule has 1 heterocycles. The quantitative estimate of drug-likeness (QED) is 0.852. The van der Waals surface area contributed by atoms with Crippen molar-refractivity contribution in [1.29, 1.82) is 0 Å². The van der Waals surface area contributed by atoms with Crippen molar-refractivity contribution in [3.63, 3.8) is 0 Å². The molecule has 106 valence electrons. The molecule has 1 aromatic rings. The van der Waals surface area contributed by atoms with Gasteiger partial charge in [0.15, 0.2) is 11.4 Å². The maximum absolute atomic E-state index is 12.3. The van der Waals surface area contributed by atoms with E-state index >= 15 is 0 Å². The smallest absolute Gasteiger partial charge is 0.461 e. The van der Waals surface area contributed by atoms with E-state index in [-0.39, 0.29) is 18.7 Å².